The summed E-state index contributed by atoms with van der Waals surface area (Å²) in [4.78, 5) is 0. The molecule has 0 saturated heterocycles. The summed E-state index contributed by atoms with van der Waals surface area (Å²) in [5.74, 6) is -54.6. The highest BCUT2D eigenvalue weighted by Crippen LogP contribution is 2.93. The Morgan fingerprint density at radius 2 is 0.333 bits per heavy atom. The Labute approximate surface area is 239 Å². The van der Waals surface area contributed by atoms with Gasteiger partial charge in [-0.2, -0.15) is 132 Å². The largest absolute Gasteiger partial charge is 0.457 e. The molecular formula is C18F30. The zero-order valence-electron chi connectivity index (χ0n) is 20.3. The summed E-state index contributed by atoms with van der Waals surface area (Å²) in [6, 6.07) is 0. The van der Waals surface area contributed by atoms with E-state index >= 15 is 0 Å². The van der Waals surface area contributed by atoms with Crippen LogP contribution in [0, 0.1) is 10.8 Å². The number of hydrogen-bond acceptors (Lipinski definition) is 0. The van der Waals surface area contributed by atoms with Crippen LogP contribution in [-0.2, 0) is 0 Å². The summed E-state index contributed by atoms with van der Waals surface area (Å²) in [7, 11) is 0. The minimum Gasteiger partial charge on any atom is -0.195 e. The molecule has 0 N–H and O–H groups in total. The summed E-state index contributed by atoms with van der Waals surface area (Å²) in [6.45, 7) is 0. The molecule has 48 heavy (non-hydrogen) atoms. The maximum atomic E-state index is 14.9. The molecule has 0 atom stereocenters. The van der Waals surface area contributed by atoms with Gasteiger partial charge in [0.05, 0.1) is 0 Å². The van der Waals surface area contributed by atoms with Crippen LogP contribution < -0.4 is 0 Å². The van der Waals surface area contributed by atoms with Gasteiger partial charge >= 0.3 is 72.6 Å². The van der Waals surface area contributed by atoms with Gasteiger partial charge in [0, 0.05) is 22.3 Å². The minimum atomic E-state index is -9.40. The molecule has 0 heterocycles. The first-order valence-corrected chi connectivity index (χ1v) is 10.4. The van der Waals surface area contributed by atoms with Crippen LogP contribution in [0.15, 0.2) is 22.3 Å². The molecule has 0 aromatic heterocycles. The number of fused-ring (bicyclic) bond motifs is 1. The summed E-state index contributed by atoms with van der Waals surface area (Å²) in [6.07, 6.45) is -52.4. The molecule has 0 aliphatic heterocycles. The SMILES string of the molecule is FC(F)(F)C(F)(F)C1=C(C(F)(F)C(F)(F)F)C2(C(F)(F)C(F)(F)F)C(C(F)(F)C(F)(F)F)=C(C(F)(F)C(F)(F)F)C12C(F)(F)C(F)(F)F. The predicted octanol–water partition coefficient (Wildman–Crippen LogP) is 10.8. The zero-order chi connectivity index (χ0) is 39.3. The Morgan fingerprint density at radius 1 is 0.208 bits per heavy atom. The molecule has 0 bridgehead atoms. The van der Waals surface area contributed by atoms with Crippen molar-refractivity contribution < 1.29 is 132 Å². The van der Waals surface area contributed by atoms with E-state index in [0.29, 0.717) is 0 Å². The van der Waals surface area contributed by atoms with Gasteiger partial charge in [0.15, 0.2) is 0 Å². The highest BCUT2D eigenvalue weighted by molar-refractivity contribution is 5.77. The van der Waals surface area contributed by atoms with Gasteiger partial charge in [0.2, 0.25) is 0 Å². The lowest BCUT2D eigenvalue weighted by molar-refractivity contribution is -0.426. The molecule has 0 radical (unpaired) electrons. The minimum absolute atomic E-state index is 6.28. The molecule has 2 aliphatic carbocycles. The fraction of sp³-hybridized carbons (Fsp3) is 0.778. The van der Waals surface area contributed by atoms with Crippen molar-refractivity contribution in [3.05, 3.63) is 22.3 Å². The fourth-order valence-electron chi connectivity index (χ4n) is 5.29. The van der Waals surface area contributed by atoms with Crippen molar-refractivity contribution in [2.45, 2.75) is 72.6 Å². The fourth-order valence-corrected chi connectivity index (χ4v) is 5.29. The number of allylic oxidation sites excluding steroid dienone is 4. The molecule has 0 fully saturated rings. The Kier molecular flexibility index (Phi) is 8.29. The Hall–Kier alpha value is -2.62. The predicted molar refractivity (Wildman–Crippen MR) is 84.9 cm³/mol. The summed E-state index contributed by atoms with van der Waals surface area (Å²) in [5.41, 5.74) is -43.1. The highest BCUT2D eigenvalue weighted by atomic mass is 19.5. The number of hydrogen-bond donors (Lipinski definition) is 0. The van der Waals surface area contributed by atoms with Crippen LogP contribution in [0.2, 0.25) is 0 Å². The van der Waals surface area contributed by atoms with E-state index in [0.717, 1.165) is 0 Å². The second kappa shape index (κ2) is 9.58. The zero-order valence-corrected chi connectivity index (χ0v) is 20.3. The first-order valence-electron chi connectivity index (χ1n) is 10.4. The highest BCUT2D eigenvalue weighted by Gasteiger charge is 3.07. The standard InChI is InChI=1S/C18F30/c19-7(20,13(31,32)33)1-2(8(21,22)14(34,35)36)6(12(29,30)18(46,47)48)4(10(25,26)16(40,41)42)3(9(23,24)15(37,38)39)5(1,6)11(27,28)17(43,44)45. The van der Waals surface area contributed by atoms with E-state index in [1.54, 1.807) is 0 Å². The molecule has 30 heteroatoms. The summed E-state index contributed by atoms with van der Waals surface area (Å²) >= 11 is 0. The average Bonchev–Trinajstić information content (AvgIpc) is 2.73. The van der Waals surface area contributed by atoms with Crippen LogP contribution in [0.1, 0.15) is 0 Å². The molecule has 282 valence electrons. The van der Waals surface area contributed by atoms with Gasteiger partial charge in [-0.3, -0.25) is 0 Å². The third-order valence-electron chi connectivity index (χ3n) is 6.90. The molecule has 0 amide bonds. The van der Waals surface area contributed by atoms with Crippen molar-refractivity contribution in [3.8, 4) is 0 Å². The molecule has 0 aromatic rings. The van der Waals surface area contributed by atoms with Gasteiger partial charge < -0.3 is 0 Å². The average molecular weight is 786 g/mol. The number of alkyl halides is 30. The lowest BCUT2D eigenvalue weighted by atomic mass is 9.27. The van der Waals surface area contributed by atoms with E-state index in [-0.39, 0.29) is 0 Å². The van der Waals surface area contributed by atoms with Gasteiger partial charge in [-0.1, -0.05) is 0 Å². The first kappa shape index (κ1) is 41.6. The van der Waals surface area contributed by atoms with E-state index in [2.05, 4.69) is 0 Å². The normalized spacial score (nSPS) is 24.9. The van der Waals surface area contributed by atoms with E-state index in [1.165, 1.54) is 0 Å². The molecule has 0 saturated carbocycles. The van der Waals surface area contributed by atoms with Crippen LogP contribution in [0.3, 0.4) is 0 Å². The van der Waals surface area contributed by atoms with E-state index in [4.69, 9.17) is 0 Å². The molecular weight excluding hydrogens is 786 g/mol. The van der Waals surface area contributed by atoms with Crippen LogP contribution in [0.5, 0.6) is 0 Å². The lowest BCUT2D eigenvalue weighted by Crippen LogP contribution is -2.87. The molecule has 0 unspecified atom stereocenters. The first-order chi connectivity index (χ1) is 20.2. The Morgan fingerprint density at radius 3 is 0.417 bits per heavy atom. The van der Waals surface area contributed by atoms with Crippen molar-refractivity contribution in [1.29, 1.82) is 0 Å². The quantitative estimate of drug-likeness (QED) is 0.186. The molecule has 2 aliphatic rings. The third kappa shape index (κ3) is 4.31. The topological polar surface area (TPSA) is 0 Å². The van der Waals surface area contributed by atoms with Crippen molar-refractivity contribution in [3.63, 3.8) is 0 Å². The molecule has 0 nitrogen and oxygen atoms in total. The van der Waals surface area contributed by atoms with Crippen LogP contribution >= 0.6 is 0 Å². The van der Waals surface area contributed by atoms with E-state index in [9.17, 15) is 132 Å². The van der Waals surface area contributed by atoms with Gasteiger partial charge in [-0.05, 0) is 0 Å². The van der Waals surface area contributed by atoms with Crippen LogP contribution in [-0.4, -0.2) is 72.6 Å². The second-order valence-electron chi connectivity index (χ2n) is 9.43. The van der Waals surface area contributed by atoms with Gasteiger partial charge in [0.1, 0.15) is 10.8 Å². The molecule has 2 rings (SSSR count). The van der Waals surface area contributed by atoms with Gasteiger partial charge in [-0.25, -0.2) is 0 Å². The number of halogens is 30. The van der Waals surface area contributed by atoms with Crippen molar-refractivity contribution in [1.82, 2.24) is 0 Å². The Balaban J connectivity index is 3.95. The molecule has 0 aromatic carbocycles. The summed E-state index contributed by atoms with van der Waals surface area (Å²) < 4.78 is 414. The van der Waals surface area contributed by atoms with E-state index < -0.39 is 106 Å². The van der Waals surface area contributed by atoms with Gasteiger partial charge in [-0.15, -0.1) is 0 Å². The third-order valence-corrected chi connectivity index (χ3v) is 6.90. The maximum Gasteiger partial charge on any atom is 0.457 e. The Bertz CT molecular complexity index is 1190. The lowest BCUT2D eigenvalue weighted by Gasteiger charge is -2.74. The van der Waals surface area contributed by atoms with Gasteiger partial charge in [0.25, 0.3) is 0 Å². The summed E-state index contributed by atoms with van der Waals surface area (Å²) in [5, 5.41) is 0. The van der Waals surface area contributed by atoms with Crippen molar-refractivity contribution in [2.24, 2.45) is 10.8 Å². The van der Waals surface area contributed by atoms with Crippen molar-refractivity contribution in [2.75, 3.05) is 0 Å². The van der Waals surface area contributed by atoms with Crippen LogP contribution in [0.4, 0.5) is 132 Å². The smallest absolute Gasteiger partial charge is 0.195 e. The number of rotatable bonds is 6. The van der Waals surface area contributed by atoms with Crippen LogP contribution in [0.25, 0.3) is 0 Å². The monoisotopic (exact) mass is 786 g/mol. The maximum absolute atomic E-state index is 14.9. The van der Waals surface area contributed by atoms with Crippen molar-refractivity contribution >= 4 is 0 Å². The van der Waals surface area contributed by atoms with E-state index in [1.807, 2.05) is 0 Å². The molecule has 0 spiro atoms. The second-order valence-corrected chi connectivity index (χ2v) is 9.43.